The number of nitriles is 1. The molecule has 5 nitrogen and oxygen atoms in total. The molecule has 0 aliphatic carbocycles. The first-order valence-corrected chi connectivity index (χ1v) is 18.8. The molecule has 2 heterocycles. The zero-order chi connectivity index (χ0) is 38.1. The molecule has 5 heteroatoms. The van der Waals surface area contributed by atoms with E-state index in [9.17, 15) is 5.26 Å². The van der Waals surface area contributed by atoms with Crippen molar-refractivity contribution in [2.45, 2.75) is 0 Å². The molecule has 2 aromatic heterocycles. The van der Waals surface area contributed by atoms with Gasteiger partial charge in [-0.2, -0.15) is 5.26 Å². The number of rotatable bonds is 7. The Morgan fingerprint density at radius 3 is 1.61 bits per heavy atom. The van der Waals surface area contributed by atoms with Crippen LogP contribution in [0.3, 0.4) is 0 Å². The van der Waals surface area contributed by atoms with Gasteiger partial charge in [0.05, 0.1) is 11.6 Å². The van der Waals surface area contributed by atoms with Crippen LogP contribution < -0.4 is 0 Å². The van der Waals surface area contributed by atoms with Crippen LogP contribution in [0, 0.1) is 11.3 Å². The van der Waals surface area contributed by atoms with E-state index < -0.39 is 0 Å². The van der Waals surface area contributed by atoms with Crippen LogP contribution in [0.5, 0.6) is 0 Å². The average Bonchev–Trinajstić information content (AvgIpc) is 3.68. The number of hydrogen-bond acceptors (Lipinski definition) is 5. The van der Waals surface area contributed by atoms with E-state index in [1.165, 1.54) is 11.1 Å². The molecule has 266 valence electrons. The highest BCUT2D eigenvalue weighted by molar-refractivity contribution is 6.13. The minimum Gasteiger partial charge on any atom is -0.456 e. The normalized spacial score (nSPS) is 11.1. The predicted octanol–water partition coefficient (Wildman–Crippen LogP) is 13.3. The Morgan fingerprint density at radius 1 is 0.351 bits per heavy atom. The van der Waals surface area contributed by atoms with E-state index in [1.807, 2.05) is 84.9 Å². The third-order valence-corrected chi connectivity index (χ3v) is 10.4. The van der Waals surface area contributed by atoms with Crippen molar-refractivity contribution in [3.8, 4) is 84.7 Å². The van der Waals surface area contributed by atoms with Gasteiger partial charge in [0.1, 0.15) is 11.2 Å². The second kappa shape index (κ2) is 14.4. The maximum absolute atomic E-state index is 9.26. The lowest BCUT2D eigenvalue weighted by atomic mass is 9.96. The van der Waals surface area contributed by atoms with Gasteiger partial charge < -0.3 is 4.42 Å². The third kappa shape index (κ3) is 6.42. The van der Waals surface area contributed by atoms with Crippen LogP contribution in [0.1, 0.15) is 5.56 Å². The zero-order valence-electron chi connectivity index (χ0n) is 30.7. The molecule has 0 aliphatic heterocycles. The van der Waals surface area contributed by atoms with Gasteiger partial charge in [-0.25, -0.2) is 15.0 Å². The van der Waals surface area contributed by atoms with Gasteiger partial charge in [0.25, 0.3) is 0 Å². The standard InChI is InChI=1S/C52H32N4O/c53-33-34-21-23-36(24-22-34)37-25-27-39(28-26-37)50-54-51(56-52(55-50)45-18-8-7-17-43(45)38-13-5-2-6-14-38)42-29-30-46-48(32-42)57-47-20-10-19-44(49(46)47)41-16-9-15-40(31-41)35-11-3-1-4-12-35/h1-32H. The van der Waals surface area contributed by atoms with E-state index >= 15 is 0 Å². The number of hydrogen-bond donors (Lipinski definition) is 0. The summed E-state index contributed by atoms with van der Waals surface area (Å²) in [7, 11) is 0. The molecule has 10 rings (SSSR count). The number of nitrogens with zero attached hydrogens (tertiary/aromatic N) is 4. The smallest absolute Gasteiger partial charge is 0.164 e. The lowest BCUT2D eigenvalue weighted by Gasteiger charge is -2.12. The summed E-state index contributed by atoms with van der Waals surface area (Å²) in [6, 6.07) is 68.1. The Balaban J connectivity index is 1.10. The van der Waals surface area contributed by atoms with Crippen LogP contribution in [0.15, 0.2) is 199 Å². The van der Waals surface area contributed by atoms with Crippen LogP contribution in [0.25, 0.3) is 101 Å². The lowest BCUT2D eigenvalue weighted by molar-refractivity contribution is 0.669. The highest BCUT2D eigenvalue weighted by Gasteiger charge is 2.18. The summed E-state index contributed by atoms with van der Waals surface area (Å²) in [5, 5.41) is 11.4. The molecule has 8 aromatic carbocycles. The first-order valence-electron chi connectivity index (χ1n) is 18.8. The van der Waals surface area contributed by atoms with E-state index in [0.717, 1.165) is 72.0 Å². The highest BCUT2D eigenvalue weighted by atomic mass is 16.3. The Kier molecular flexibility index (Phi) is 8.48. The van der Waals surface area contributed by atoms with Gasteiger partial charge in [-0.3, -0.25) is 0 Å². The van der Waals surface area contributed by atoms with Crippen molar-refractivity contribution in [1.82, 2.24) is 15.0 Å². The number of fused-ring (bicyclic) bond motifs is 3. The molecular formula is C52H32N4O. The first kappa shape index (κ1) is 33.6. The molecule has 0 N–H and O–H groups in total. The van der Waals surface area contributed by atoms with Gasteiger partial charge in [0.2, 0.25) is 0 Å². The van der Waals surface area contributed by atoms with E-state index in [0.29, 0.717) is 23.0 Å². The minimum absolute atomic E-state index is 0.548. The predicted molar refractivity (Wildman–Crippen MR) is 230 cm³/mol. The first-order chi connectivity index (χ1) is 28.2. The van der Waals surface area contributed by atoms with Gasteiger partial charge in [0.15, 0.2) is 17.5 Å². The SMILES string of the molecule is N#Cc1ccc(-c2ccc(-c3nc(-c4ccc5c(c4)oc4cccc(-c6cccc(-c7ccccc7)c6)c45)nc(-c4ccccc4-c4ccccc4)n3)cc2)cc1. The number of benzene rings is 8. The van der Waals surface area contributed by atoms with E-state index in [4.69, 9.17) is 19.4 Å². The Bertz CT molecular complexity index is 3110. The monoisotopic (exact) mass is 728 g/mol. The van der Waals surface area contributed by atoms with Crippen LogP contribution in [0.2, 0.25) is 0 Å². The van der Waals surface area contributed by atoms with Gasteiger partial charge in [-0.15, -0.1) is 0 Å². The van der Waals surface area contributed by atoms with Gasteiger partial charge >= 0.3 is 0 Å². The second-order valence-corrected chi connectivity index (χ2v) is 13.9. The van der Waals surface area contributed by atoms with Crippen molar-refractivity contribution in [1.29, 1.82) is 5.26 Å². The van der Waals surface area contributed by atoms with Gasteiger partial charge in [0, 0.05) is 27.5 Å². The van der Waals surface area contributed by atoms with E-state index in [-0.39, 0.29) is 0 Å². The Morgan fingerprint density at radius 2 is 0.877 bits per heavy atom. The molecule has 0 spiro atoms. The summed E-state index contributed by atoms with van der Waals surface area (Å²) in [5.41, 5.74) is 13.6. The van der Waals surface area contributed by atoms with Crippen molar-refractivity contribution in [3.05, 3.63) is 200 Å². The van der Waals surface area contributed by atoms with Gasteiger partial charge in [-0.05, 0) is 80.9 Å². The van der Waals surface area contributed by atoms with Crippen LogP contribution in [0.4, 0.5) is 0 Å². The summed E-state index contributed by atoms with van der Waals surface area (Å²) in [6.45, 7) is 0. The van der Waals surface area contributed by atoms with E-state index in [2.05, 4.69) is 115 Å². The molecule has 10 aromatic rings. The summed E-state index contributed by atoms with van der Waals surface area (Å²) < 4.78 is 6.58. The Labute approximate surface area is 329 Å². The summed E-state index contributed by atoms with van der Waals surface area (Å²) >= 11 is 0. The summed E-state index contributed by atoms with van der Waals surface area (Å²) in [5.74, 6) is 1.69. The molecule has 0 saturated carbocycles. The van der Waals surface area contributed by atoms with Crippen molar-refractivity contribution in [2.24, 2.45) is 0 Å². The van der Waals surface area contributed by atoms with E-state index in [1.54, 1.807) is 0 Å². The maximum Gasteiger partial charge on any atom is 0.164 e. The molecule has 0 fully saturated rings. The van der Waals surface area contributed by atoms with Crippen LogP contribution >= 0.6 is 0 Å². The van der Waals surface area contributed by atoms with Crippen LogP contribution in [-0.4, -0.2) is 15.0 Å². The minimum atomic E-state index is 0.548. The topological polar surface area (TPSA) is 75.6 Å². The molecular weight excluding hydrogens is 697 g/mol. The van der Waals surface area contributed by atoms with Crippen LogP contribution in [-0.2, 0) is 0 Å². The molecule has 0 unspecified atom stereocenters. The molecule has 0 radical (unpaired) electrons. The fourth-order valence-corrected chi connectivity index (χ4v) is 7.55. The van der Waals surface area contributed by atoms with Crippen molar-refractivity contribution in [2.75, 3.05) is 0 Å². The second-order valence-electron chi connectivity index (χ2n) is 13.9. The fraction of sp³-hybridized carbons (Fsp3) is 0. The number of furan rings is 1. The molecule has 57 heavy (non-hydrogen) atoms. The molecule has 0 atom stereocenters. The quantitative estimate of drug-likeness (QED) is 0.163. The zero-order valence-corrected chi connectivity index (χ0v) is 30.7. The molecule has 0 bridgehead atoms. The molecule has 0 saturated heterocycles. The largest absolute Gasteiger partial charge is 0.456 e. The van der Waals surface area contributed by atoms with Crippen molar-refractivity contribution < 1.29 is 4.42 Å². The highest BCUT2D eigenvalue weighted by Crippen LogP contribution is 2.40. The lowest BCUT2D eigenvalue weighted by Crippen LogP contribution is -2.01. The van der Waals surface area contributed by atoms with Gasteiger partial charge in [-0.1, -0.05) is 158 Å². The van der Waals surface area contributed by atoms with Crippen molar-refractivity contribution >= 4 is 21.9 Å². The molecule has 0 amide bonds. The number of aromatic nitrogens is 3. The Hall–Kier alpha value is -7.94. The molecule has 0 aliphatic rings. The third-order valence-electron chi connectivity index (χ3n) is 10.4. The average molecular weight is 729 g/mol. The summed E-state index contributed by atoms with van der Waals surface area (Å²) in [6.07, 6.45) is 0. The maximum atomic E-state index is 9.26. The van der Waals surface area contributed by atoms with Crippen molar-refractivity contribution in [3.63, 3.8) is 0 Å². The fourth-order valence-electron chi connectivity index (χ4n) is 7.55. The summed E-state index contributed by atoms with van der Waals surface area (Å²) in [4.78, 5) is 15.3.